The molecule has 4 unspecified atom stereocenters. The molecule has 2 N–H and O–H groups in total. The number of carboxylic acids is 1. The van der Waals surface area contributed by atoms with E-state index in [0.29, 0.717) is 6.42 Å². The first-order valence-corrected chi connectivity index (χ1v) is 17.3. The lowest BCUT2D eigenvalue weighted by Crippen LogP contribution is -2.42. The van der Waals surface area contributed by atoms with Crippen molar-refractivity contribution in [3.05, 3.63) is 0 Å². The summed E-state index contributed by atoms with van der Waals surface area (Å²) in [6.45, 7) is 7.84. The van der Waals surface area contributed by atoms with Crippen LogP contribution in [0.5, 0.6) is 0 Å². The summed E-state index contributed by atoms with van der Waals surface area (Å²) >= 11 is 1.90. The highest BCUT2D eigenvalue weighted by Crippen LogP contribution is 2.39. The van der Waals surface area contributed by atoms with Gasteiger partial charge >= 0.3 is 19.3 Å². The van der Waals surface area contributed by atoms with Crippen LogP contribution in [-0.4, -0.2) is 51.8 Å². The summed E-state index contributed by atoms with van der Waals surface area (Å²) in [7, 11) is -2.79. The minimum Gasteiger partial charge on any atom is -0.476 e. The van der Waals surface area contributed by atoms with E-state index in [2.05, 4.69) is 13.8 Å². The second-order valence-corrected chi connectivity index (χ2v) is 13.2. The van der Waals surface area contributed by atoms with E-state index in [9.17, 15) is 19.6 Å². The van der Waals surface area contributed by atoms with E-state index in [-0.39, 0.29) is 18.0 Å². The lowest BCUT2D eigenvalue weighted by Gasteiger charge is -2.25. The molecular weight excluding hydrogens is 507 g/mol. The maximum atomic E-state index is 12.3. The van der Waals surface area contributed by atoms with Crippen molar-refractivity contribution >= 4 is 25.8 Å². The number of rotatable bonds is 28. The molecule has 0 aromatic rings. The average molecular weight is 566 g/mol. The summed E-state index contributed by atoms with van der Waals surface area (Å²) in [5.74, 6) is -0.511. The zero-order valence-electron chi connectivity index (χ0n) is 24.4. The Hall–Kier alpha value is -0.200. The second kappa shape index (κ2) is 24.8. The van der Waals surface area contributed by atoms with Gasteiger partial charge in [0.1, 0.15) is 13.2 Å². The van der Waals surface area contributed by atoms with Gasteiger partial charge in [-0.1, -0.05) is 117 Å². The molecular formula is C29H58O6PS+. The van der Waals surface area contributed by atoms with Crippen molar-refractivity contribution in [1.29, 1.82) is 0 Å². The van der Waals surface area contributed by atoms with Crippen LogP contribution in [0.15, 0.2) is 0 Å². The fourth-order valence-corrected chi connectivity index (χ4v) is 6.49. The third-order valence-electron chi connectivity index (χ3n) is 6.80. The molecule has 0 rings (SSSR count). The van der Waals surface area contributed by atoms with Gasteiger partial charge in [0.15, 0.2) is 0 Å². The van der Waals surface area contributed by atoms with Gasteiger partial charge in [-0.3, -0.25) is 0 Å². The van der Waals surface area contributed by atoms with Crippen molar-refractivity contribution in [1.82, 2.24) is 0 Å². The van der Waals surface area contributed by atoms with Crippen LogP contribution >= 0.6 is 19.8 Å². The first kappa shape index (κ1) is 36.8. The Bertz CT molecular complexity index is 565. The number of ether oxygens (including phenoxy) is 1. The molecule has 0 saturated carbocycles. The van der Waals surface area contributed by atoms with Crippen molar-refractivity contribution in [2.75, 3.05) is 19.0 Å². The number of hydrogen-bond acceptors (Lipinski definition) is 6. The predicted molar refractivity (Wildman–Crippen MR) is 158 cm³/mol. The number of aliphatic hydroxyl groups is 1. The largest absolute Gasteiger partial charge is 0.558 e. The van der Waals surface area contributed by atoms with Crippen LogP contribution in [0.25, 0.3) is 0 Å². The molecule has 0 saturated heterocycles. The molecule has 0 heterocycles. The molecule has 6 nitrogen and oxygen atoms in total. The number of carbonyl (C=O) groups is 1. The maximum Gasteiger partial charge on any atom is 0.558 e. The molecule has 0 aromatic heterocycles. The number of carboxylic acid groups (broad SMARTS) is 1. The molecule has 220 valence electrons. The summed E-state index contributed by atoms with van der Waals surface area (Å²) in [4.78, 5) is 11.7. The molecule has 0 fully saturated rings. The van der Waals surface area contributed by atoms with Gasteiger partial charge in [-0.05, 0) is 36.5 Å². The molecule has 37 heavy (non-hydrogen) atoms. The van der Waals surface area contributed by atoms with Crippen molar-refractivity contribution in [3.63, 3.8) is 0 Å². The topological polar surface area (TPSA) is 93.1 Å². The number of hydrogen-bond donors (Lipinski definition) is 2. The Labute approximate surface area is 233 Å². The Morgan fingerprint density at radius 1 is 0.811 bits per heavy atom. The Morgan fingerprint density at radius 2 is 1.30 bits per heavy atom. The van der Waals surface area contributed by atoms with Gasteiger partial charge in [0.05, 0.1) is 6.10 Å². The highest BCUT2D eigenvalue weighted by atomic mass is 32.2. The molecule has 0 amide bonds. The summed E-state index contributed by atoms with van der Waals surface area (Å²) in [6, 6.07) is 0. The van der Waals surface area contributed by atoms with E-state index < -0.39 is 25.9 Å². The van der Waals surface area contributed by atoms with E-state index in [1.807, 2.05) is 25.6 Å². The zero-order valence-corrected chi connectivity index (χ0v) is 26.1. The molecule has 0 spiro atoms. The first-order valence-electron chi connectivity index (χ1n) is 15.1. The van der Waals surface area contributed by atoms with Gasteiger partial charge in [0.2, 0.25) is 0 Å². The molecule has 0 aliphatic carbocycles. The molecule has 0 aliphatic rings. The summed E-state index contributed by atoms with van der Waals surface area (Å²) < 4.78 is 23.2. The van der Waals surface area contributed by atoms with Crippen LogP contribution in [0.3, 0.4) is 0 Å². The smallest absolute Gasteiger partial charge is 0.476 e. The first-order chi connectivity index (χ1) is 17.8. The van der Waals surface area contributed by atoms with Gasteiger partial charge in [0, 0.05) is 5.25 Å². The molecule has 0 aromatic carbocycles. The normalized spacial score (nSPS) is 15.3. The minimum atomic E-state index is -2.79. The number of unbranched alkanes of at least 4 members (excludes halogenated alkanes) is 14. The molecule has 0 bridgehead atoms. The van der Waals surface area contributed by atoms with Crippen LogP contribution in [0.1, 0.15) is 143 Å². The van der Waals surface area contributed by atoms with Crippen LogP contribution in [-0.2, 0) is 18.6 Å². The monoisotopic (exact) mass is 565 g/mol. The van der Waals surface area contributed by atoms with E-state index in [1.165, 1.54) is 96.3 Å². The lowest BCUT2D eigenvalue weighted by atomic mass is 10.1. The van der Waals surface area contributed by atoms with E-state index in [0.717, 1.165) is 18.6 Å². The van der Waals surface area contributed by atoms with Gasteiger partial charge in [-0.25, -0.2) is 4.79 Å². The van der Waals surface area contributed by atoms with Crippen LogP contribution < -0.4 is 0 Å². The van der Waals surface area contributed by atoms with Gasteiger partial charge < -0.3 is 14.9 Å². The Morgan fingerprint density at radius 3 is 1.78 bits per heavy atom. The van der Waals surface area contributed by atoms with Gasteiger partial charge in [-0.15, -0.1) is 4.52 Å². The maximum absolute atomic E-state index is 12.3. The molecule has 0 radical (unpaired) electrons. The van der Waals surface area contributed by atoms with Crippen LogP contribution in [0.4, 0.5) is 0 Å². The third-order valence-corrected chi connectivity index (χ3v) is 9.71. The summed E-state index contributed by atoms with van der Waals surface area (Å²) in [6.07, 6.45) is 21.9. The zero-order chi connectivity index (χ0) is 27.8. The predicted octanol–water partition coefficient (Wildman–Crippen LogP) is 9.11. The quantitative estimate of drug-likeness (QED) is 0.0721. The van der Waals surface area contributed by atoms with Crippen molar-refractivity contribution in [2.45, 2.75) is 160 Å². The van der Waals surface area contributed by atoms with Crippen molar-refractivity contribution in [3.8, 4) is 0 Å². The van der Waals surface area contributed by atoms with Crippen molar-refractivity contribution in [2.24, 2.45) is 0 Å². The van der Waals surface area contributed by atoms with Crippen molar-refractivity contribution < 1.29 is 28.8 Å². The van der Waals surface area contributed by atoms with Crippen LogP contribution in [0.2, 0.25) is 0 Å². The summed E-state index contributed by atoms with van der Waals surface area (Å²) in [5.41, 5.74) is 0. The number of thioether (sulfide) groups is 1. The fourth-order valence-electron chi connectivity index (χ4n) is 4.23. The fraction of sp³-hybridized carbons (Fsp3) is 0.966. The standard InChI is InChI=1S/C29H57O6PS/c1-5-8-10-12-13-14-15-16-17-19-21-24-37-27(22-20-18-11-9-6-2)26(4)34-25-29(32,28(30)31)36(33)35-23-7-3/h26-27,32H,5-25H2,1-4H3/p+1. The SMILES string of the molecule is CCCCCCCCCCCCCSC(CCCCCCC)C(C)OCC(O)(C(=O)O)[P+](=O)OCCC. The Balaban J connectivity index is 4.52. The summed E-state index contributed by atoms with van der Waals surface area (Å²) in [5, 5.41) is 17.7. The van der Waals surface area contributed by atoms with E-state index >= 15 is 0 Å². The second-order valence-electron chi connectivity index (χ2n) is 10.4. The van der Waals surface area contributed by atoms with Gasteiger partial charge in [0.25, 0.3) is 0 Å². The van der Waals surface area contributed by atoms with Gasteiger partial charge in [-0.2, -0.15) is 11.8 Å². The van der Waals surface area contributed by atoms with E-state index in [1.54, 1.807) is 0 Å². The number of aliphatic carboxylic acids is 1. The van der Waals surface area contributed by atoms with Crippen LogP contribution in [0, 0.1) is 0 Å². The third kappa shape index (κ3) is 18.7. The molecule has 8 heteroatoms. The lowest BCUT2D eigenvalue weighted by molar-refractivity contribution is -0.156. The average Bonchev–Trinajstić information content (AvgIpc) is 2.89. The highest BCUT2D eigenvalue weighted by molar-refractivity contribution is 7.99. The highest BCUT2D eigenvalue weighted by Gasteiger charge is 2.58. The molecule has 4 atom stereocenters. The molecule has 0 aliphatic heterocycles. The van der Waals surface area contributed by atoms with E-state index in [4.69, 9.17) is 9.26 Å². The Kier molecular flexibility index (Phi) is 24.7. The minimum absolute atomic E-state index is 0.134.